The predicted molar refractivity (Wildman–Crippen MR) is 294 cm³/mol. The fourth-order valence-electron chi connectivity index (χ4n) is 10.4. The van der Waals surface area contributed by atoms with Gasteiger partial charge in [0, 0.05) is 85.4 Å². The first-order valence-electron chi connectivity index (χ1n) is 26.5. The number of aromatic nitrogens is 5. The minimum absolute atomic E-state index is 0.00968. The second-order valence-corrected chi connectivity index (χ2v) is 21.1. The number of thiazole rings is 1. The Balaban J connectivity index is 0.000000367. The van der Waals surface area contributed by atoms with Crippen LogP contribution in [-0.4, -0.2) is 98.0 Å². The molecule has 7 aromatic rings. The van der Waals surface area contributed by atoms with Gasteiger partial charge in [0.1, 0.15) is 11.7 Å². The summed E-state index contributed by atoms with van der Waals surface area (Å²) in [6.45, 7) is 10.3. The molecule has 1 fully saturated rings. The summed E-state index contributed by atoms with van der Waals surface area (Å²) >= 11 is 1.60. The molecule has 2 aliphatic heterocycles. The molecule has 2 aliphatic rings. The maximum absolute atomic E-state index is 14.8. The van der Waals surface area contributed by atoms with E-state index < -0.39 is 18.4 Å². The Hall–Kier alpha value is -6.96. The number of pyridine rings is 1. The summed E-state index contributed by atoms with van der Waals surface area (Å²) in [6, 6.07) is 18.3. The second-order valence-electron chi connectivity index (χ2n) is 20.3. The maximum atomic E-state index is 14.8. The predicted octanol–water partition coefficient (Wildman–Crippen LogP) is 10.4. The van der Waals surface area contributed by atoms with Crippen molar-refractivity contribution in [1.82, 2.24) is 34.7 Å². The third-order valence-electron chi connectivity index (χ3n) is 14.6. The van der Waals surface area contributed by atoms with Gasteiger partial charge in [-0.25, -0.2) is 13.8 Å². The fourth-order valence-corrected chi connectivity index (χ4v) is 11.2. The van der Waals surface area contributed by atoms with Crippen molar-refractivity contribution in [3.63, 3.8) is 0 Å². The number of benzene rings is 3. The molecule has 2 amide bonds. The van der Waals surface area contributed by atoms with Crippen molar-refractivity contribution >= 4 is 45.9 Å². The molecule has 16 nitrogen and oxygen atoms in total. The summed E-state index contributed by atoms with van der Waals surface area (Å²) in [4.78, 5) is 45.5. The Labute approximate surface area is 451 Å². The number of methoxy groups -OCH3 is 1. The first kappa shape index (κ1) is 56.2. The second kappa shape index (κ2) is 25.9. The number of carbonyl (C=O) groups excluding carboxylic acids is 2. The number of aryl methyl sites for hydroxylation is 5. The van der Waals surface area contributed by atoms with E-state index in [0.717, 1.165) is 101 Å². The van der Waals surface area contributed by atoms with E-state index in [0.29, 0.717) is 79.7 Å². The Bertz CT molecular complexity index is 3170. The molecule has 3 N–H and O–H groups in total. The number of amides is 2. The monoisotopic (exact) mass is 1080 g/mol. The van der Waals surface area contributed by atoms with Gasteiger partial charge >= 0.3 is 0 Å². The van der Waals surface area contributed by atoms with Crippen LogP contribution in [0.3, 0.4) is 0 Å². The number of aliphatic hydroxyl groups excluding tert-OH is 2. The Morgan fingerprint density at radius 1 is 0.987 bits per heavy atom. The Morgan fingerprint density at radius 2 is 1.75 bits per heavy atom. The number of ether oxygens (including phenoxy) is 2. The molecular formula is C58H70F2N8O8S. The van der Waals surface area contributed by atoms with Crippen LogP contribution in [0, 0.1) is 19.8 Å². The number of unbranched alkanes of at least 4 members (excludes halogenated alkanes) is 5. The minimum Gasteiger partial charge on any atom is -0.497 e. The van der Waals surface area contributed by atoms with Gasteiger partial charge in [0.05, 0.1) is 66.0 Å². The summed E-state index contributed by atoms with van der Waals surface area (Å²) in [5, 5.41) is 31.1. The lowest BCUT2D eigenvalue weighted by Gasteiger charge is -2.34. The van der Waals surface area contributed by atoms with Crippen LogP contribution < -0.4 is 25.2 Å². The van der Waals surface area contributed by atoms with Gasteiger partial charge in [0.15, 0.2) is 5.76 Å². The highest BCUT2D eigenvalue weighted by atomic mass is 32.1. The topological polar surface area (TPSA) is 190 Å². The summed E-state index contributed by atoms with van der Waals surface area (Å²) in [6.07, 6.45) is 9.10. The number of likely N-dealkylation sites (tertiary alicyclic amines) is 1. The number of nitrogens with one attached hydrogen (secondary N) is 1. The fraction of sp³-hybridized carbons (Fsp3) is 0.448. The van der Waals surface area contributed by atoms with Gasteiger partial charge < -0.3 is 43.9 Å². The standard InChI is InChI=1S/C45H56F2N6O6.C13H14N2O2S/c1-28(2)42(45(56)51-17-14-32(54)27-51)40-24-41(49-59-40)58-18-11-9-7-6-8-10-15-52-26-31(25-48-52)34-20-30-13-12-16-53(37(30)23-35(34)43(46)47)39-22-33(57-5)21-38-36(39)19-29(3)44(55)50(38)4;1-9-13(18-8-15-9)11-4-2-10(3-5-11)12(6-16)14-7-17/h19-26,28,32,42-43,54H,6-18,27H2,1-5H3;2-5,7-8,12,16H,6H2,1H3,(H,14,17). The number of fused-ring (bicyclic) bond motifs is 2. The van der Waals surface area contributed by atoms with Gasteiger partial charge in [-0.15, -0.1) is 11.3 Å². The number of β-amino-alcohol motifs (C(OH)–C–C–N with tert-alkyl or cyclic N) is 1. The Morgan fingerprint density at radius 3 is 2.43 bits per heavy atom. The van der Waals surface area contributed by atoms with Gasteiger partial charge in [-0.3, -0.25) is 19.1 Å². The molecule has 0 aliphatic carbocycles. The molecule has 0 spiro atoms. The molecule has 19 heteroatoms. The summed E-state index contributed by atoms with van der Waals surface area (Å²) in [5.74, 6) is 0.941. The van der Waals surface area contributed by atoms with Crippen molar-refractivity contribution in [2.75, 3.05) is 44.9 Å². The molecule has 3 atom stereocenters. The van der Waals surface area contributed by atoms with Crippen molar-refractivity contribution in [2.45, 2.75) is 117 Å². The third-order valence-corrected chi connectivity index (χ3v) is 15.6. The smallest absolute Gasteiger partial charge is 0.264 e. The molecule has 3 aromatic carbocycles. The molecular weight excluding hydrogens is 1010 g/mol. The van der Waals surface area contributed by atoms with Gasteiger partial charge in [0.25, 0.3) is 17.9 Å². The summed E-state index contributed by atoms with van der Waals surface area (Å²) in [7, 11) is 3.32. The number of halogens is 2. The highest BCUT2D eigenvalue weighted by Crippen LogP contribution is 2.44. The molecule has 77 heavy (non-hydrogen) atoms. The van der Waals surface area contributed by atoms with Gasteiger partial charge in [-0.1, -0.05) is 63.8 Å². The average molecular weight is 1080 g/mol. The van der Waals surface area contributed by atoms with E-state index >= 15 is 0 Å². The molecule has 1 saturated heterocycles. The van der Waals surface area contributed by atoms with Crippen molar-refractivity contribution < 1.29 is 42.6 Å². The lowest BCUT2D eigenvalue weighted by molar-refractivity contribution is -0.133. The number of hydrogen-bond acceptors (Lipinski definition) is 13. The zero-order valence-electron chi connectivity index (χ0n) is 44.7. The van der Waals surface area contributed by atoms with Crippen LogP contribution in [0.4, 0.5) is 20.2 Å². The van der Waals surface area contributed by atoms with Crippen LogP contribution in [0.1, 0.15) is 117 Å². The molecule has 3 unspecified atom stereocenters. The number of carbonyl (C=O) groups is 2. The van der Waals surface area contributed by atoms with Crippen molar-refractivity contribution in [3.8, 4) is 33.2 Å². The average Bonchev–Trinajstić information content (AvgIpc) is 4.29. The number of alkyl halides is 2. The van der Waals surface area contributed by atoms with E-state index in [-0.39, 0.29) is 35.6 Å². The van der Waals surface area contributed by atoms with Crippen LogP contribution in [0.25, 0.3) is 32.5 Å². The molecule has 410 valence electrons. The van der Waals surface area contributed by atoms with Crippen molar-refractivity contribution in [2.24, 2.45) is 13.0 Å². The lowest BCUT2D eigenvalue weighted by atomic mass is 9.92. The van der Waals surface area contributed by atoms with Gasteiger partial charge in [-0.2, -0.15) is 5.10 Å². The van der Waals surface area contributed by atoms with Gasteiger partial charge in [-0.05, 0) is 97.5 Å². The first-order chi connectivity index (χ1) is 37.2. The third kappa shape index (κ3) is 13.2. The van der Waals surface area contributed by atoms with Gasteiger partial charge in [0.2, 0.25) is 12.3 Å². The lowest BCUT2D eigenvalue weighted by Crippen LogP contribution is -2.35. The Kier molecular flexibility index (Phi) is 18.9. The van der Waals surface area contributed by atoms with E-state index in [2.05, 4.69) is 25.5 Å². The van der Waals surface area contributed by atoms with E-state index in [1.165, 1.54) is 0 Å². The molecule has 0 saturated carbocycles. The van der Waals surface area contributed by atoms with Crippen molar-refractivity contribution in [3.05, 3.63) is 123 Å². The minimum atomic E-state index is -2.68. The molecule has 0 bridgehead atoms. The number of anilines is 2. The van der Waals surface area contributed by atoms with Crippen LogP contribution in [0.15, 0.2) is 87.9 Å². The normalized spacial score (nSPS) is 15.1. The quantitative estimate of drug-likeness (QED) is 0.0431. The highest BCUT2D eigenvalue weighted by molar-refractivity contribution is 7.13. The SMILES string of the molecule is COc1cc(N2CCCc3cc(-c4cnn(CCCCCCCCOc5cc(C(C(=O)N6CCC(O)C6)C(C)C)on5)c4)c(C(F)F)cc32)c2cc(C)c(=O)n(C)c2c1.Cc1ncsc1-c1ccc(C(CO)NC=O)cc1. The van der Waals surface area contributed by atoms with E-state index in [1.54, 1.807) is 60.2 Å². The van der Waals surface area contributed by atoms with E-state index in [9.17, 15) is 33.4 Å². The van der Waals surface area contributed by atoms with Crippen LogP contribution >= 0.6 is 11.3 Å². The number of aliphatic hydroxyl groups is 2. The van der Waals surface area contributed by atoms with Crippen LogP contribution in [-0.2, 0) is 29.6 Å². The van der Waals surface area contributed by atoms with E-state index in [4.69, 9.17) is 14.0 Å². The largest absolute Gasteiger partial charge is 0.497 e. The number of rotatable bonds is 22. The molecule has 4 aromatic heterocycles. The van der Waals surface area contributed by atoms with Crippen molar-refractivity contribution in [1.29, 1.82) is 0 Å². The number of hydrogen-bond donors (Lipinski definition) is 3. The maximum Gasteiger partial charge on any atom is 0.264 e. The zero-order chi connectivity index (χ0) is 54.8. The molecule has 6 heterocycles. The molecule has 9 rings (SSSR count). The summed E-state index contributed by atoms with van der Waals surface area (Å²) in [5.41, 5.74) is 9.75. The van der Waals surface area contributed by atoms with Crippen LogP contribution in [0.2, 0.25) is 0 Å². The number of nitrogens with zero attached hydrogens (tertiary/aromatic N) is 7. The zero-order valence-corrected chi connectivity index (χ0v) is 45.5. The summed E-state index contributed by atoms with van der Waals surface area (Å²) < 4.78 is 50.1. The highest BCUT2D eigenvalue weighted by Gasteiger charge is 2.35. The first-order valence-corrected chi connectivity index (χ1v) is 27.4. The van der Waals surface area contributed by atoms with Crippen LogP contribution in [0.5, 0.6) is 11.6 Å². The van der Waals surface area contributed by atoms with E-state index in [1.807, 2.05) is 85.7 Å². The molecule has 0 radical (unpaired) electrons.